The summed E-state index contributed by atoms with van der Waals surface area (Å²) in [6.45, 7) is 2.60. The van der Waals surface area contributed by atoms with E-state index in [1.54, 1.807) is 18.5 Å². The van der Waals surface area contributed by atoms with E-state index in [0.29, 0.717) is 25.6 Å². The molecule has 6 heteroatoms. The fourth-order valence-electron chi connectivity index (χ4n) is 2.17. The molecule has 0 radical (unpaired) electrons. The van der Waals surface area contributed by atoms with Crippen molar-refractivity contribution in [3.8, 4) is 0 Å². The van der Waals surface area contributed by atoms with Gasteiger partial charge < -0.3 is 16.0 Å². The van der Waals surface area contributed by atoms with Gasteiger partial charge in [-0.2, -0.15) is 0 Å². The van der Waals surface area contributed by atoms with Crippen molar-refractivity contribution in [2.24, 2.45) is 11.7 Å². The molecule has 18 heavy (non-hydrogen) atoms. The van der Waals surface area contributed by atoms with Crippen LogP contribution in [0.5, 0.6) is 0 Å². The summed E-state index contributed by atoms with van der Waals surface area (Å²) >= 11 is 0. The number of nitrogens with two attached hydrogens (primary N) is 1. The first kappa shape index (κ1) is 12.8. The largest absolute Gasteiger partial charge is 0.355 e. The first-order chi connectivity index (χ1) is 8.81. The summed E-state index contributed by atoms with van der Waals surface area (Å²) in [5, 5.41) is 2.84. The Morgan fingerprint density at radius 3 is 3.00 bits per heavy atom. The lowest BCUT2D eigenvalue weighted by molar-refractivity contribution is -0.125. The van der Waals surface area contributed by atoms with Crippen LogP contribution in [0.2, 0.25) is 0 Å². The lowest BCUT2D eigenvalue weighted by atomic mass is 9.97. The Balaban J connectivity index is 1.94. The number of hydrogen-bond donors (Lipinski definition) is 2. The Bertz CT molecular complexity index is 383. The zero-order valence-corrected chi connectivity index (χ0v) is 10.4. The molecule has 1 aromatic heterocycles. The molecular formula is C12H19N5O. The average Bonchev–Trinajstić information content (AvgIpc) is 2.46. The number of carbonyl (C=O) groups is 1. The van der Waals surface area contributed by atoms with Crippen LogP contribution >= 0.6 is 0 Å². The lowest BCUT2D eigenvalue weighted by Crippen LogP contribution is -2.44. The minimum atomic E-state index is 0.00843. The van der Waals surface area contributed by atoms with Gasteiger partial charge in [-0.1, -0.05) is 0 Å². The average molecular weight is 249 g/mol. The number of rotatable bonds is 4. The van der Waals surface area contributed by atoms with E-state index in [2.05, 4.69) is 20.2 Å². The Kier molecular flexibility index (Phi) is 4.46. The Labute approximate surface area is 107 Å². The highest BCUT2D eigenvalue weighted by molar-refractivity contribution is 5.79. The van der Waals surface area contributed by atoms with Crippen molar-refractivity contribution in [2.45, 2.75) is 12.8 Å². The quantitative estimate of drug-likeness (QED) is 0.770. The summed E-state index contributed by atoms with van der Waals surface area (Å²) in [7, 11) is 0. The van der Waals surface area contributed by atoms with Crippen LogP contribution in [0.25, 0.3) is 0 Å². The second-order valence-electron chi connectivity index (χ2n) is 4.41. The molecule has 1 unspecified atom stereocenters. The second kappa shape index (κ2) is 6.30. The third-order valence-electron chi connectivity index (χ3n) is 3.07. The molecular weight excluding hydrogens is 230 g/mol. The second-order valence-corrected chi connectivity index (χ2v) is 4.41. The smallest absolute Gasteiger partial charge is 0.225 e. The fraction of sp³-hybridized carbons (Fsp3) is 0.583. The first-order valence-electron chi connectivity index (χ1n) is 6.31. The van der Waals surface area contributed by atoms with Gasteiger partial charge in [-0.3, -0.25) is 4.79 Å². The summed E-state index contributed by atoms with van der Waals surface area (Å²) in [4.78, 5) is 22.4. The van der Waals surface area contributed by atoms with Crippen LogP contribution in [-0.2, 0) is 4.79 Å². The number of aromatic nitrogens is 2. The number of carbonyl (C=O) groups excluding carboxylic acids is 1. The van der Waals surface area contributed by atoms with Crippen molar-refractivity contribution >= 4 is 11.9 Å². The van der Waals surface area contributed by atoms with Gasteiger partial charge >= 0.3 is 0 Å². The fourth-order valence-corrected chi connectivity index (χ4v) is 2.17. The number of anilines is 1. The van der Waals surface area contributed by atoms with E-state index < -0.39 is 0 Å². The summed E-state index contributed by atoms with van der Waals surface area (Å²) in [5.74, 6) is 0.795. The third kappa shape index (κ3) is 3.16. The molecule has 1 fully saturated rings. The zero-order valence-electron chi connectivity index (χ0n) is 10.4. The molecule has 1 aliphatic heterocycles. The molecule has 0 bridgehead atoms. The maximum atomic E-state index is 11.9. The van der Waals surface area contributed by atoms with E-state index in [1.165, 1.54) is 0 Å². The number of piperidine rings is 1. The zero-order chi connectivity index (χ0) is 12.8. The van der Waals surface area contributed by atoms with Gasteiger partial charge in [0.25, 0.3) is 0 Å². The first-order valence-corrected chi connectivity index (χ1v) is 6.31. The predicted octanol–water partition coefficient (Wildman–Crippen LogP) is -0.232. The number of nitrogens with zero attached hydrogens (tertiary/aromatic N) is 3. The van der Waals surface area contributed by atoms with Gasteiger partial charge in [-0.25, -0.2) is 9.97 Å². The van der Waals surface area contributed by atoms with Crippen LogP contribution in [0.4, 0.5) is 5.95 Å². The van der Waals surface area contributed by atoms with Gasteiger partial charge in [0.05, 0.1) is 5.92 Å². The van der Waals surface area contributed by atoms with Crippen molar-refractivity contribution in [3.05, 3.63) is 18.5 Å². The lowest BCUT2D eigenvalue weighted by Gasteiger charge is -2.31. The van der Waals surface area contributed by atoms with Crippen LogP contribution in [0.3, 0.4) is 0 Å². The molecule has 2 heterocycles. The highest BCUT2D eigenvalue weighted by atomic mass is 16.1. The monoisotopic (exact) mass is 249 g/mol. The normalized spacial score (nSPS) is 19.6. The van der Waals surface area contributed by atoms with Crippen molar-refractivity contribution < 1.29 is 4.79 Å². The van der Waals surface area contributed by atoms with Crippen molar-refractivity contribution in [1.82, 2.24) is 15.3 Å². The molecule has 98 valence electrons. The molecule has 0 aromatic carbocycles. The SMILES string of the molecule is NCCNC(=O)C1CCCN(c2ncccn2)C1. The molecule has 1 saturated heterocycles. The van der Waals surface area contributed by atoms with Gasteiger partial charge in [0.1, 0.15) is 0 Å². The molecule has 0 saturated carbocycles. The highest BCUT2D eigenvalue weighted by Crippen LogP contribution is 2.19. The summed E-state index contributed by atoms with van der Waals surface area (Å²) in [6, 6.07) is 1.79. The van der Waals surface area contributed by atoms with E-state index in [1.807, 2.05) is 0 Å². The van der Waals surface area contributed by atoms with E-state index in [4.69, 9.17) is 5.73 Å². The van der Waals surface area contributed by atoms with Crippen LogP contribution in [0.1, 0.15) is 12.8 Å². The van der Waals surface area contributed by atoms with Gasteiger partial charge in [-0.05, 0) is 18.9 Å². The van der Waals surface area contributed by atoms with E-state index in [-0.39, 0.29) is 11.8 Å². The van der Waals surface area contributed by atoms with Gasteiger partial charge in [0, 0.05) is 38.6 Å². The summed E-state index contributed by atoms with van der Waals surface area (Å²) < 4.78 is 0. The maximum Gasteiger partial charge on any atom is 0.225 e. The summed E-state index contributed by atoms with van der Waals surface area (Å²) in [6.07, 6.45) is 5.35. The van der Waals surface area contributed by atoms with Crippen LogP contribution in [-0.4, -0.2) is 42.1 Å². The molecule has 6 nitrogen and oxygen atoms in total. The van der Waals surface area contributed by atoms with Crippen LogP contribution in [0.15, 0.2) is 18.5 Å². The molecule has 1 atom stereocenters. The molecule has 2 rings (SSSR count). The number of nitrogens with one attached hydrogen (secondary N) is 1. The van der Waals surface area contributed by atoms with E-state index >= 15 is 0 Å². The Morgan fingerprint density at radius 1 is 1.50 bits per heavy atom. The Hall–Kier alpha value is -1.69. The van der Waals surface area contributed by atoms with E-state index in [0.717, 1.165) is 19.4 Å². The predicted molar refractivity (Wildman–Crippen MR) is 69.0 cm³/mol. The van der Waals surface area contributed by atoms with Crippen molar-refractivity contribution in [2.75, 3.05) is 31.1 Å². The molecule has 3 N–H and O–H groups in total. The molecule has 1 aliphatic rings. The van der Waals surface area contributed by atoms with E-state index in [9.17, 15) is 4.79 Å². The molecule has 1 aromatic rings. The molecule has 1 amide bonds. The van der Waals surface area contributed by atoms with Crippen molar-refractivity contribution in [1.29, 1.82) is 0 Å². The minimum absolute atomic E-state index is 0.00843. The van der Waals surface area contributed by atoms with Crippen LogP contribution < -0.4 is 16.0 Å². The van der Waals surface area contributed by atoms with Crippen LogP contribution in [0, 0.1) is 5.92 Å². The molecule has 0 aliphatic carbocycles. The third-order valence-corrected chi connectivity index (χ3v) is 3.07. The van der Waals surface area contributed by atoms with Gasteiger partial charge in [0.2, 0.25) is 11.9 Å². The Morgan fingerprint density at radius 2 is 2.28 bits per heavy atom. The van der Waals surface area contributed by atoms with Gasteiger partial charge in [0.15, 0.2) is 0 Å². The van der Waals surface area contributed by atoms with Crippen molar-refractivity contribution in [3.63, 3.8) is 0 Å². The molecule has 0 spiro atoms. The maximum absolute atomic E-state index is 11.9. The van der Waals surface area contributed by atoms with Gasteiger partial charge in [-0.15, -0.1) is 0 Å². The number of amides is 1. The summed E-state index contributed by atoms with van der Waals surface area (Å²) in [5.41, 5.74) is 5.38. The highest BCUT2D eigenvalue weighted by Gasteiger charge is 2.26. The topological polar surface area (TPSA) is 84.1 Å². The number of hydrogen-bond acceptors (Lipinski definition) is 5. The standard InChI is InChI=1S/C12H19N5O/c13-4-7-14-11(18)10-3-1-8-17(9-10)12-15-5-2-6-16-12/h2,5-6,10H,1,3-4,7-9,13H2,(H,14,18). The minimum Gasteiger partial charge on any atom is -0.355 e.